The normalized spacial score (nSPS) is 19.4. The molecule has 2 fully saturated rings. The molecule has 2 atom stereocenters. The summed E-state index contributed by atoms with van der Waals surface area (Å²) in [5, 5.41) is 5.39. The Bertz CT molecular complexity index is 1200. The molecule has 1 saturated heterocycles. The van der Waals surface area contributed by atoms with Crippen molar-refractivity contribution in [2.75, 3.05) is 12.8 Å². The molecule has 0 spiro atoms. The van der Waals surface area contributed by atoms with Gasteiger partial charge in [0.1, 0.15) is 17.9 Å². The number of nitrogens with one attached hydrogen (secondary N) is 2. The van der Waals surface area contributed by atoms with Gasteiger partial charge in [0.2, 0.25) is 11.8 Å². The number of carbonyl (C=O) groups is 3. The number of thioether (sulfide) groups is 1. The van der Waals surface area contributed by atoms with Crippen LogP contribution in [0.2, 0.25) is 0 Å². The molecule has 200 valence electrons. The Morgan fingerprint density at radius 1 is 1.32 bits per heavy atom. The van der Waals surface area contributed by atoms with E-state index in [1.807, 2.05) is 27.0 Å². The van der Waals surface area contributed by atoms with Gasteiger partial charge in [-0.15, -0.1) is 11.3 Å². The van der Waals surface area contributed by atoms with Gasteiger partial charge in [0, 0.05) is 23.4 Å². The average molecular weight is 551 g/mol. The van der Waals surface area contributed by atoms with Crippen molar-refractivity contribution in [3.63, 3.8) is 0 Å². The maximum atomic E-state index is 14.8. The molecule has 2 aromatic rings. The van der Waals surface area contributed by atoms with E-state index in [1.54, 1.807) is 17.6 Å². The van der Waals surface area contributed by atoms with Gasteiger partial charge in [0.15, 0.2) is 5.67 Å². The number of alkyl halides is 1. The average Bonchev–Trinajstić information content (AvgIpc) is 3.24. The van der Waals surface area contributed by atoms with E-state index in [1.165, 1.54) is 34.1 Å². The Morgan fingerprint density at radius 3 is 2.65 bits per heavy atom. The molecule has 1 aliphatic carbocycles. The van der Waals surface area contributed by atoms with Gasteiger partial charge in [-0.25, -0.2) is 13.8 Å². The van der Waals surface area contributed by atoms with E-state index in [9.17, 15) is 23.2 Å². The summed E-state index contributed by atoms with van der Waals surface area (Å²) in [6, 6.07) is 3.14. The summed E-state index contributed by atoms with van der Waals surface area (Å²) < 4.78 is 28.5. The van der Waals surface area contributed by atoms with E-state index in [0.29, 0.717) is 24.9 Å². The second-order valence-corrected chi connectivity index (χ2v) is 12.5. The monoisotopic (exact) mass is 550 g/mol. The fourth-order valence-electron chi connectivity index (χ4n) is 4.43. The minimum absolute atomic E-state index is 0.0218. The molecule has 2 N–H and O–H groups in total. The highest BCUT2D eigenvalue weighted by Gasteiger charge is 2.53. The third kappa shape index (κ3) is 5.82. The molecule has 1 aliphatic heterocycles. The summed E-state index contributed by atoms with van der Waals surface area (Å²) in [5.41, 5.74) is 1.69. The molecular formula is C26H32F2N4O3S2. The first-order valence-corrected chi connectivity index (χ1v) is 14.4. The highest BCUT2D eigenvalue weighted by molar-refractivity contribution is 8.00. The Morgan fingerprint density at radius 2 is 2.05 bits per heavy atom. The summed E-state index contributed by atoms with van der Waals surface area (Å²) >= 11 is 2.82. The molecule has 1 aromatic carbocycles. The lowest BCUT2D eigenvalue weighted by atomic mass is 10.00. The minimum atomic E-state index is -1.91. The highest BCUT2D eigenvalue weighted by Crippen LogP contribution is 2.40. The molecule has 1 aromatic heterocycles. The van der Waals surface area contributed by atoms with Crippen LogP contribution in [0.4, 0.5) is 8.78 Å². The molecule has 7 nitrogen and oxygen atoms in total. The molecule has 2 aliphatic rings. The van der Waals surface area contributed by atoms with Crippen LogP contribution in [-0.2, 0) is 20.9 Å². The second kappa shape index (κ2) is 10.7. The quantitative estimate of drug-likeness (QED) is 0.493. The van der Waals surface area contributed by atoms with Crippen molar-refractivity contribution in [3.8, 4) is 10.4 Å². The zero-order chi connectivity index (χ0) is 27.0. The molecule has 37 heavy (non-hydrogen) atoms. The molecule has 11 heteroatoms. The number of benzene rings is 1. The van der Waals surface area contributed by atoms with Crippen LogP contribution in [0, 0.1) is 12.7 Å². The number of carbonyl (C=O) groups excluding carboxylic acids is 3. The third-order valence-electron chi connectivity index (χ3n) is 7.19. The van der Waals surface area contributed by atoms with Crippen LogP contribution in [0.15, 0.2) is 23.7 Å². The summed E-state index contributed by atoms with van der Waals surface area (Å²) in [5.74, 6) is -2.01. The van der Waals surface area contributed by atoms with Crippen molar-refractivity contribution in [2.45, 2.75) is 75.5 Å². The first kappa shape index (κ1) is 27.5. The Balaban J connectivity index is 1.43. The second-order valence-electron chi connectivity index (χ2n) is 10.2. The number of thiazole rings is 1. The lowest BCUT2D eigenvalue weighted by Gasteiger charge is -2.36. The standard InChI is InChI=1S/C26H32F2N4O3S2/c1-15-20(37-14-30-15)16-7-8-17(18(27)12-16)13-29-22(33)19-6-5-11-32(19)23(34)21(25(2,3)36-4)31-24(35)26(28)9-10-26/h7-8,12,14,19,21H,5-6,9-11,13H2,1-4H3,(H,29,33)(H,31,35). The van der Waals surface area contributed by atoms with Crippen molar-refractivity contribution in [1.29, 1.82) is 0 Å². The van der Waals surface area contributed by atoms with E-state index in [-0.39, 0.29) is 25.3 Å². The molecule has 1 saturated carbocycles. The van der Waals surface area contributed by atoms with Gasteiger partial charge >= 0.3 is 0 Å². The molecule has 0 radical (unpaired) electrons. The van der Waals surface area contributed by atoms with E-state index in [0.717, 1.165) is 16.1 Å². The number of halogens is 2. The van der Waals surface area contributed by atoms with Crippen molar-refractivity contribution in [1.82, 2.24) is 20.5 Å². The van der Waals surface area contributed by atoms with E-state index in [4.69, 9.17) is 0 Å². The van der Waals surface area contributed by atoms with Gasteiger partial charge < -0.3 is 15.5 Å². The molecule has 3 amide bonds. The number of likely N-dealkylation sites (tertiary alicyclic amines) is 1. The minimum Gasteiger partial charge on any atom is -0.350 e. The summed E-state index contributed by atoms with van der Waals surface area (Å²) in [6.07, 6.45) is 3.19. The van der Waals surface area contributed by atoms with Crippen LogP contribution in [-0.4, -0.2) is 62.9 Å². The van der Waals surface area contributed by atoms with Crippen molar-refractivity contribution in [2.24, 2.45) is 0 Å². The molecule has 2 unspecified atom stereocenters. The highest BCUT2D eigenvalue weighted by atomic mass is 32.2. The largest absolute Gasteiger partial charge is 0.350 e. The predicted octanol–water partition coefficient (Wildman–Crippen LogP) is 3.99. The predicted molar refractivity (Wildman–Crippen MR) is 141 cm³/mol. The van der Waals surface area contributed by atoms with Gasteiger partial charge in [-0.1, -0.05) is 12.1 Å². The molecule has 2 heterocycles. The zero-order valence-electron chi connectivity index (χ0n) is 21.4. The SMILES string of the molecule is CSC(C)(C)C(NC(=O)C1(F)CC1)C(=O)N1CCCC1C(=O)NCc1ccc(-c2scnc2C)cc1F. The van der Waals surface area contributed by atoms with Crippen LogP contribution < -0.4 is 10.6 Å². The Hall–Kier alpha value is -2.53. The van der Waals surface area contributed by atoms with Crippen LogP contribution in [0.5, 0.6) is 0 Å². The smallest absolute Gasteiger partial charge is 0.258 e. The van der Waals surface area contributed by atoms with E-state index in [2.05, 4.69) is 15.6 Å². The molecular weight excluding hydrogens is 518 g/mol. The summed E-state index contributed by atoms with van der Waals surface area (Å²) in [6.45, 7) is 5.81. The van der Waals surface area contributed by atoms with Crippen molar-refractivity contribution < 1.29 is 23.2 Å². The number of amides is 3. The van der Waals surface area contributed by atoms with Gasteiger partial charge in [-0.3, -0.25) is 14.4 Å². The maximum absolute atomic E-state index is 14.8. The van der Waals surface area contributed by atoms with Gasteiger partial charge in [0.25, 0.3) is 5.91 Å². The maximum Gasteiger partial charge on any atom is 0.258 e. The lowest BCUT2D eigenvalue weighted by Crippen LogP contribution is -2.60. The fraction of sp³-hybridized carbons (Fsp3) is 0.538. The van der Waals surface area contributed by atoms with Crippen molar-refractivity contribution in [3.05, 3.63) is 40.8 Å². The molecule has 0 bridgehead atoms. The topological polar surface area (TPSA) is 91.4 Å². The number of rotatable bonds is 9. The van der Waals surface area contributed by atoms with Gasteiger partial charge in [0.05, 0.1) is 16.1 Å². The summed E-state index contributed by atoms with van der Waals surface area (Å²) in [4.78, 5) is 45.7. The number of nitrogens with zero attached hydrogens (tertiary/aromatic N) is 2. The zero-order valence-corrected chi connectivity index (χ0v) is 23.0. The first-order valence-electron chi connectivity index (χ1n) is 12.3. The Labute approximate surface area is 223 Å². The molecule has 4 rings (SSSR count). The van der Waals surface area contributed by atoms with E-state index >= 15 is 0 Å². The first-order chi connectivity index (χ1) is 17.5. The van der Waals surface area contributed by atoms with Crippen LogP contribution in [0.1, 0.15) is 50.8 Å². The summed E-state index contributed by atoms with van der Waals surface area (Å²) in [7, 11) is 0. The van der Waals surface area contributed by atoms with E-state index < -0.39 is 40.1 Å². The number of hydrogen-bond acceptors (Lipinski definition) is 6. The number of aromatic nitrogens is 1. The van der Waals surface area contributed by atoms with Gasteiger partial charge in [-0.05, 0) is 64.3 Å². The van der Waals surface area contributed by atoms with Crippen LogP contribution in [0.3, 0.4) is 0 Å². The Kier molecular flexibility index (Phi) is 7.94. The number of aryl methyl sites for hydroxylation is 1. The van der Waals surface area contributed by atoms with Crippen LogP contribution in [0.25, 0.3) is 10.4 Å². The lowest BCUT2D eigenvalue weighted by molar-refractivity contribution is -0.143. The van der Waals surface area contributed by atoms with Crippen LogP contribution >= 0.6 is 23.1 Å². The van der Waals surface area contributed by atoms with Crippen molar-refractivity contribution >= 4 is 40.8 Å². The fourth-order valence-corrected chi connectivity index (χ4v) is 5.63. The van der Waals surface area contributed by atoms with Gasteiger partial charge in [-0.2, -0.15) is 11.8 Å². The third-order valence-corrected chi connectivity index (χ3v) is 9.46. The number of hydrogen-bond donors (Lipinski definition) is 2.